The monoisotopic (exact) mass is 436 g/mol. The number of ether oxygens (including phenoxy) is 1. The van der Waals surface area contributed by atoms with E-state index < -0.39 is 12.2 Å². The summed E-state index contributed by atoms with van der Waals surface area (Å²) >= 11 is 1.49. The molecule has 0 spiro atoms. The third-order valence-corrected chi connectivity index (χ3v) is 6.35. The number of rotatable bonds is 11. The molecule has 166 valence electrons. The quantitative estimate of drug-likeness (QED) is 0.303. The molecule has 30 heavy (non-hydrogen) atoms. The maximum Gasteiger partial charge on any atom is 0.305 e. The van der Waals surface area contributed by atoms with Gasteiger partial charge in [0.2, 0.25) is 0 Å². The first kappa shape index (κ1) is 24.7. The number of unbranched alkanes of at least 4 members (excludes halogenated alkanes) is 3. The first-order valence-electron chi connectivity index (χ1n) is 10.9. The lowest BCUT2D eigenvalue weighted by Gasteiger charge is -2.23. The van der Waals surface area contributed by atoms with Gasteiger partial charge in [-0.3, -0.25) is 4.79 Å². The molecule has 1 aliphatic rings. The predicted molar refractivity (Wildman–Crippen MR) is 118 cm³/mol. The topological polar surface area (TPSA) is 66.8 Å². The van der Waals surface area contributed by atoms with Crippen LogP contribution >= 0.6 is 11.8 Å². The zero-order valence-corrected chi connectivity index (χ0v) is 18.5. The van der Waals surface area contributed by atoms with E-state index in [4.69, 9.17) is 4.74 Å². The van der Waals surface area contributed by atoms with Gasteiger partial charge in [0.25, 0.3) is 0 Å². The average molecular weight is 437 g/mol. The van der Waals surface area contributed by atoms with Crippen molar-refractivity contribution in [2.75, 3.05) is 12.4 Å². The van der Waals surface area contributed by atoms with Gasteiger partial charge in [-0.05, 0) is 74.0 Å². The van der Waals surface area contributed by atoms with Crippen LogP contribution in [0.5, 0.6) is 0 Å². The Bertz CT molecular complexity index is 697. The smallest absolute Gasteiger partial charge is 0.305 e. The van der Waals surface area contributed by atoms with E-state index in [9.17, 15) is 19.4 Å². The Hall–Kier alpha value is -1.55. The van der Waals surface area contributed by atoms with Crippen LogP contribution in [-0.2, 0) is 9.53 Å². The molecule has 1 fully saturated rings. The van der Waals surface area contributed by atoms with Crippen LogP contribution in [0.3, 0.4) is 0 Å². The molecule has 1 aromatic rings. The van der Waals surface area contributed by atoms with Crippen LogP contribution in [0.15, 0.2) is 24.3 Å². The number of thioether (sulfide) groups is 1. The molecule has 4 nitrogen and oxygen atoms in total. The number of hydrogen-bond acceptors (Lipinski definition) is 5. The summed E-state index contributed by atoms with van der Waals surface area (Å²) in [7, 11) is 0. The zero-order chi connectivity index (χ0) is 21.8. The van der Waals surface area contributed by atoms with Crippen LogP contribution in [0.4, 0.5) is 4.39 Å². The van der Waals surface area contributed by atoms with E-state index in [1.165, 1.54) is 23.9 Å². The van der Waals surface area contributed by atoms with E-state index in [0.717, 1.165) is 49.8 Å². The van der Waals surface area contributed by atoms with Gasteiger partial charge in [-0.1, -0.05) is 36.9 Å². The van der Waals surface area contributed by atoms with Gasteiger partial charge in [0.15, 0.2) is 0 Å². The summed E-state index contributed by atoms with van der Waals surface area (Å²) in [4.78, 5) is 11.3. The number of hydrogen-bond donors (Lipinski definition) is 2. The third-order valence-electron chi connectivity index (χ3n) is 5.66. The van der Waals surface area contributed by atoms with E-state index >= 15 is 0 Å². The second-order valence-corrected chi connectivity index (χ2v) is 8.73. The van der Waals surface area contributed by atoms with Crippen LogP contribution < -0.4 is 0 Å². The standard InChI is InChI=1S/C24H33FO4S/c1-2-29-24(28)8-6-4-3-5-7-20-21(23(27)17-22(20)26)14-16-30-15-13-18-9-11-19(25)12-10-18/h9-12,20-23,26-27H,2-8,14,16-17H2,1H3/t20-,21-,22+,23-/m1/s1. The van der Waals surface area contributed by atoms with Crippen molar-refractivity contribution in [3.8, 4) is 11.2 Å². The van der Waals surface area contributed by atoms with Crippen LogP contribution in [0.2, 0.25) is 0 Å². The molecular weight excluding hydrogens is 403 g/mol. The molecule has 0 saturated heterocycles. The number of aliphatic hydroxyl groups excluding tert-OH is 2. The second kappa shape index (κ2) is 13.7. The average Bonchev–Trinajstić information content (AvgIpc) is 2.98. The molecule has 1 aliphatic carbocycles. The van der Waals surface area contributed by atoms with Crippen LogP contribution in [-0.4, -0.2) is 40.8 Å². The van der Waals surface area contributed by atoms with Crippen LogP contribution in [0.25, 0.3) is 0 Å². The maximum absolute atomic E-state index is 12.9. The normalized spacial score (nSPS) is 23.1. The maximum atomic E-state index is 12.9. The minimum absolute atomic E-state index is 0.0969. The van der Waals surface area contributed by atoms with Crippen molar-refractivity contribution in [3.05, 3.63) is 35.6 Å². The molecule has 2 rings (SSSR count). The van der Waals surface area contributed by atoms with Gasteiger partial charge in [-0.15, -0.1) is 0 Å². The lowest BCUT2D eigenvalue weighted by Crippen LogP contribution is -2.22. The molecule has 0 amide bonds. The second-order valence-electron chi connectivity index (χ2n) is 7.83. The Labute approximate surface area is 183 Å². The van der Waals surface area contributed by atoms with Gasteiger partial charge < -0.3 is 14.9 Å². The Balaban J connectivity index is 1.67. The van der Waals surface area contributed by atoms with Gasteiger partial charge in [0.1, 0.15) is 5.82 Å². The summed E-state index contributed by atoms with van der Waals surface area (Å²) in [5.41, 5.74) is 0.779. The van der Waals surface area contributed by atoms with Crippen molar-refractivity contribution in [1.29, 1.82) is 0 Å². The first-order valence-corrected chi connectivity index (χ1v) is 11.9. The Kier molecular flexibility index (Phi) is 11.3. The van der Waals surface area contributed by atoms with Crippen molar-refractivity contribution in [1.82, 2.24) is 0 Å². The molecule has 0 radical (unpaired) electrons. The first-order chi connectivity index (χ1) is 14.5. The fourth-order valence-corrected chi connectivity index (χ4v) is 4.77. The highest BCUT2D eigenvalue weighted by atomic mass is 32.2. The molecule has 0 aromatic heterocycles. The Morgan fingerprint density at radius 3 is 2.47 bits per heavy atom. The summed E-state index contributed by atoms with van der Waals surface area (Å²) in [6.07, 6.45) is 5.55. The number of carbonyl (C=O) groups is 1. The van der Waals surface area contributed by atoms with E-state index in [-0.39, 0.29) is 23.6 Å². The third kappa shape index (κ3) is 8.67. The summed E-state index contributed by atoms with van der Waals surface area (Å²) in [5, 5.41) is 23.7. The number of carbonyl (C=O) groups excluding carboxylic acids is 1. The van der Waals surface area contributed by atoms with E-state index in [0.29, 0.717) is 19.4 Å². The molecular formula is C24H33FO4S. The van der Waals surface area contributed by atoms with Gasteiger partial charge in [-0.2, -0.15) is 0 Å². The number of esters is 1. The Morgan fingerprint density at radius 2 is 1.77 bits per heavy atom. The predicted octanol–water partition coefficient (Wildman–Crippen LogP) is 4.52. The summed E-state index contributed by atoms with van der Waals surface area (Å²) in [6, 6.07) is 6.10. The largest absolute Gasteiger partial charge is 0.466 e. The highest BCUT2D eigenvalue weighted by Crippen LogP contribution is 2.38. The SMILES string of the molecule is CCOC(=O)CCCCCC[C@@H]1[C@@H](CCSC#Cc2ccc(F)cc2)[C@H](O)C[C@@H]1O. The van der Waals surface area contributed by atoms with Gasteiger partial charge in [0.05, 0.1) is 18.8 Å². The molecule has 0 unspecified atom stereocenters. The fraction of sp³-hybridized carbons (Fsp3) is 0.625. The summed E-state index contributed by atoms with van der Waals surface area (Å²) < 4.78 is 17.8. The van der Waals surface area contributed by atoms with E-state index in [2.05, 4.69) is 11.2 Å². The molecule has 6 heteroatoms. The highest BCUT2D eigenvalue weighted by molar-refractivity contribution is 8.03. The molecule has 1 saturated carbocycles. The van der Waals surface area contributed by atoms with Gasteiger partial charge in [-0.25, -0.2) is 4.39 Å². The lowest BCUT2D eigenvalue weighted by atomic mass is 9.87. The van der Waals surface area contributed by atoms with Gasteiger partial charge in [0, 0.05) is 17.7 Å². The van der Waals surface area contributed by atoms with E-state index in [1.54, 1.807) is 12.1 Å². The van der Waals surface area contributed by atoms with Gasteiger partial charge >= 0.3 is 5.97 Å². The molecule has 4 atom stereocenters. The lowest BCUT2D eigenvalue weighted by molar-refractivity contribution is -0.143. The Morgan fingerprint density at radius 1 is 1.10 bits per heavy atom. The minimum atomic E-state index is -0.459. The van der Waals surface area contributed by atoms with Crippen molar-refractivity contribution >= 4 is 17.7 Å². The van der Waals surface area contributed by atoms with Crippen molar-refractivity contribution in [3.63, 3.8) is 0 Å². The molecule has 0 heterocycles. The van der Waals surface area contributed by atoms with Crippen LogP contribution in [0.1, 0.15) is 63.9 Å². The molecule has 0 bridgehead atoms. The van der Waals surface area contributed by atoms with Crippen molar-refractivity contribution < 1.29 is 24.1 Å². The number of aliphatic hydroxyl groups is 2. The summed E-state index contributed by atoms with van der Waals surface area (Å²) in [6.45, 7) is 2.24. The highest BCUT2D eigenvalue weighted by Gasteiger charge is 2.40. The molecule has 1 aromatic carbocycles. The van der Waals surface area contributed by atoms with Crippen molar-refractivity contribution in [2.45, 2.75) is 70.5 Å². The number of halogens is 1. The zero-order valence-electron chi connectivity index (χ0n) is 17.7. The fourth-order valence-electron chi connectivity index (χ4n) is 4.09. The van der Waals surface area contributed by atoms with E-state index in [1.807, 2.05) is 6.92 Å². The molecule has 2 N–H and O–H groups in total. The summed E-state index contributed by atoms with van der Waals surface area (Å²) in [5.74, 6) is 3.60. The van der Waals surface area contributed by atoms with Crippen molar-refractivity contribution in [2.24, 2.45) is 11.8 Å². The molecule has 0 aliphatic heterocycles. The minimum Gasteiger partial charge on any atom is -0.466 e. The number of benzene rings is 1. The van der Waals surface area contributed by atoms with Crippen LogP contribution in [0, 0.1) is 28.8 Å².